The van der Waals surface area contributed by atoms with Gasteiger partial charge >= 0.3 is 5.97 Å². The zero-order valence-electron chi connectivity index (χ0n) is 18.1. The minimum atomic E-state index is -3.21. The standard InChI is InChI=1S/C19H32N2O5S5/c1-14(19(23)26-6-9-31(3,24)25)21-18(22)16(10-15-4-8-28-11-15)12-29-30-13-17(20)5-7-27-2/h4,8,11,14,16-17H,5-7,9-10,12-13,20H2,1-3H3,(H,21,22). The average molecular weight is 529 g/mol. The number of nitrogens with one attached hydrogen (secondary N) is 1. The highest BCUT2D eigenvalue weighted by molar-refractivity contribution is 8.76. The first-order valence-corrected chi connectivity index (χ1v) is 16.7. The van der Waals surface area contributed by atoms with E-state index >= 15 is 0 Å². The van der Waals surface area contributed by atoms with Crippen LogP contribution in [0.25, 0.3) is 0 Å². The van der Waals surface area contributed by atoms with Gasteiger partial charge in [-0.1, -0.05) is 21.6 Å². The van der Waals surface area contributed by atoms with Crippen LogP contribution in [0, 0.1) is 5.92 Å². The summed E-state index contributed by atoms with van der Waals surface area (Å²) in [5.41, 5.74) is 7.18. The summed E-state index contributed by atoms with van der Waals surface area (Å²) in [4.78, 5) is 24.9. The van der Waals surface area contributed by atoms with E-state index in [1.165, 1.54) is 6.92 Å². The Bertz CT molecular complexity index is 758. The van der Waals surface area contributed by atoms with Gasteiger partial charge in [-0.2, -0.15) is 23.1 Å². The van der Waals surface area contributed by atoms with Crippen LogP contribution in [0.15, 0.2) is 16.8 Å². The van der Waals surface area contributed by atoms with Crippen molar-refractivity contribution in [2.24, 2.45) is 11.7 Å². The predicted octanol–water partition coefficient (Wildman–Crippen LogP) is 2.46. The van der Waals surface area contributed by atoms with Crippen molar-refractivity contribution in [3.8, 4) is 0 Å². The molecule has 1 heterocycles. The van der Waals surface area contributed by atoms with Gasteiger partial charge in [-0.25, -0.2) is 13.2 Å². The molecule has 0 saturated carbocycles. The summed E-state index contributed by atoms with van der Waals surface area (Å²) < 4.78 is 27.3. The monoisotopic (exact) mass is 528 g/mol. The molecule has 1 aromatic rings. The molecule has 1 aromatic heterocycles. The molecule has 1 amide bonds. The lowest BCUT2D eigenvalue weighted by molar-refractivity contribution is -0.147. The Balaban J connectivity index is 2.54. The molecule has 0 aliphatic rings. The van der Waals surface area contributed by atoms with Crippen molar-refractivity contribution in [1.29, 1.82) is 0 Å². The van der Waals surface area contributed by atoms with Gasteiger partial charge in [0.15, 0.2) is 9.84 Å². The van der Waals surface area contributed by atoms with Gasteiger partial charge in [0, 0.05) is 23.8 Å². The second-order valence-corrected chi connectivity index (χ2v) is 13.7. The third-order valence-electron chi connectivity index (χ3n) is 4.17. The second kappa shape index (κ2) is 15.4. The lowest BCUT2D eigenvalue weighted by Gasteiger charge is -2.19. The number of esters is 1. The fraction of sp³-hybridized carbons (Fsp3) is 0.684. The third-order valence-corrected chi connectivity index (χ3v) is 9.04. The van der Waals surface area contributed by atoms with Crippen molar-refractivity contribution in [2.45, 2.75) is 31.8 Å². The maximum atomic E-state index is 12.8. The van der Waals surface area contributed by atoms with Gasteiger partial charge in [0.25, 0.3) is 0 Å². The predicted molar refractivity (Wildman–Crippen MR) is 136 cm³/mol. The molecule has 3 N–H and O–H groups in total. The smallest absolute Gasteiger partial charge is 0.328 e. The first-order valence-electron chi connectivity index (χ1n) is 9.77. The Hall–Kier alpha value is -0.400. The largest absolute Gasteiger partial charge is 0.463 e. The number of carbonyl (C=O) groups is 2. The Morgan fingerprint density at radius 3 is 2.61 bits per heavy atom. The van der Waals surface area contributed by atoms with E-state index in [9.17, 15) is 18.0 Å². The lowest BCUT2D eigenvalue weighted by atomic mass is 10.0. The number of nitrogens with two attached hydrogens (primary N) is 1. The SMILES string of the molecule is CSCCC(N)CSSCC(Cc1ccsc1)C(=O)NC(C)C(=O)OCCS(C)(=O)=O. The zero-order chi connectivity index (χ0) is 23.3. The van der Waals surface area contributed by atoms with E-state index in [2.05, 4.69) is 11.6 Å². The molecule has 31 heavy (non-hydrogen) atoms. The minimum Gasteiger partial charge on any atom is -0.463 e. The van der Waals surface area contributed by atoms with Crippen LogP contribution in [0.5, 0.6) is 0 Å². The van der Waals surface area contributed by atoms with Crippen molar-refractivity contribution in [1.82, 2.24) is 5.32 Å². The van der Waals surface area contributed by atoms with Gasteiger partial charge in [-0.15, -0.1) is 0 Å². The Labute approximate surface area is 201 Å². The molecule has 0 aromatic carbocycles. The van der Waals surface area contributed by atoms with E-state index in [1.54, 1.807) is 44.7 Å². The van der Waals surface area contributed by atoms with E-state index in [-0.39, 0.29) is 30.2 Å². The normalized spacial score (nSPS) is 14.6. The fourth-order valence-corrected chi connectivity index (χ4v) is 6.52. The van der Waals surface area contributed by atoms with Crippen LogP contribution in [0.2, 0.25) is 0 Å². The number of thiophene rings is 1. The van der Waals surface area contributed by atoms with Crippen molar-refractivity contribution < 1.29 is 22.7 Å². The van der Waals surface area contributed by atoms with Gasteiger partial charge in [0.1, 0.15) is 12.6 Å². The lowest BCUT2D eigenvalue weighted by Crippen LogP contribution is -2.44. The van der Waals surface area contributed by atoms with E-state index < -0.39 is 21.8 Å². The Kier molecular flexibility index (Phi) is 14.3. The number of hydrogen-bond acceptors (Lipinski definition) is 10. The van der Waals surface area contributed by atoms with E-state index in [0.717, 1.165) is 29.7 Å². The molecule has 1 rings (SSSR count). The summed E-state index contributed by atoms with van der Waals surface area (Å²) in [5.74, 6) is 1.03. The molecule has 0 aliphatic heterocycles. The van der Waals surface area contributed by atoms with Crippen LogP contribution in [0.4, 0.5) is 0 Å². The molecule has 3 unspecified atom stereocenters. The Morgan fingerprint density at radius 2 is 2.00 bits per heavy atom. The summed E-state index contributed by atoms with van der Waals surface area (Å²) in [5, 5.41) is 6.69. The van der Waals surface area contributed by atoms with Gasteiger partial charge in [-0.3, -0.25) is 4.79 Å². The summed E-state index contributed by atoms with van der Waals surface area (Å²) in [6.07, 6.45) is 4.68. The van der Waals surface area contributed by atoms with Crippen LogP contribution in [-0.4, -0.2) is 74.5 Å². The van der Waals surface area contributed by atoms with Gasteiger partial charge in [-0.05, 0) is 54.2 Å². The molecule has 7 nitrogen and oxygen atoms in total. The average Bonchev–Trinajstić information content (AvgIpc) is 3.20. The number of hydrogen-bond donors (Lipinski definition) is 2. The minimum absolute atomic E-state index is 0.135. The molecule has 3 atom stereocenters. The number of rotatable bonds is 16. The fourth-order valence-electron chi connectivity index (χ4n) is 2.35. The van der Waals surface area contributed by atoms with E-state index in [1.807, 2.05) is 16.8 Å². The third kappa shape index (κ3) is 13.7. The number of thioether (sulfide) groups is 1. The highest BCUT2D eigenvalue weighted by Gasteiger charge is 2.24. The van der Waals surface area contributed by atoms with Crippen LogP contribution in [0.1, 0.15) is 18.9 Å². The molecule has 0 fully saturated rings. The van der Waals surface area contributed by atoms with Crippen molar-refractivity contribution in [3.63, 3.8) is 0 Å². The van der Waals surface area contributed by atoms with Crippen LogP contribution in [-0.2, 0) is 30.6 Å². The quantitative estimate of drug-likeness (QED) is 0.190. The number of carbonyl (C=O) groups excluding carboxylic acids is 2. The molecule has 178 valence electrons. The van der Waals surface area contributed by atoms with E-state index in [4.69, 9.17) is 10.5 Å². The topological polar surface area (TPSA) is 116 Å². The number of amides is 1. The highest BCUT2D eigenvalue weighted by Crippen LogP contribution is 2.27. The second-order valence-electron chi connectivity index (χ2n) is 7.17. The first kappa shape index (κ1) is 28.6. The Morgan fingerprint density at radius 1 is 1.29 bits per heavy atom. The van der Waals surface area contributed by atoms with Crippen LogP contribution in [0.3, 0.4) is 0 Å². The maximum Gasteiger partial charge on any atom is 0.328 e. The number of ether oxygens (including phenoxy) is 1. The highest BCUT2D eigenvalue weighted by atomic mass is 33.1. The summed E-state index contributed by atoms with van der Waals surface area (Å²) in [7, 11) is 0.0660. The van der Waals surface area contributed by atoms with Gasteiger partial charge in [0.05, 0.1) is 11.7 Å². The summed E-state index contributed by atoms with van der Waals surface area (Å²) >= 11 is 3.36. The van der Waals surface area contributed by atoms with Crippen LogP contribution >= 0.6 is 44.7 Å². The maximum absolute atomic E-state index is 12.8. The molecular formula is C19H32N2O5S5. The summed E-state index contributed by atoms with van der Waals surface area (Å²) in [6.45, 7) is 1.31. The molecule has 0 aliphatic carbocycles. The first-order chi connectivity index (χ1) is 14.6. The van der Waals surface area contributed by atoms with Crippen molar-refractivity contribution in [3.05, 3.63) is 22.4 Å². The molecular weight excluding hydrogens is 497 g/mol. The van der Waals surface area contributed by atoms with Gasteiger partial charge < -0.3 is 15.8 Å². The van der Waals surface area contributed by atoms with Crippen molar-refractivity contribution in [2.75, 3.05) is 42.1 Å². The van der Waals surface area contributed by atoms with Gasteiger partial charge in [0.2, 0.25) is 5.91 Å². The molecule has 0 spiro atoms. The summed E-state index contributed by atoms with van der Waals surface area (Å²) in [6, 6.07) is 1.27. The van der Waals surface area contributed by atoms with Crippen LogP contribution < -0.4 is 11.1 Å². The molecule has 0 saturated heterocycles. The number of sulfone groups is 1. The zero-order valence-corrected chi connectivity index (χ0v) is 22.2. The van der Waals surface area contributed by atoms with E-state index in [0.29, 0.717) is 12.2 Å². The molecule has 0 bridgehead atoms. The molecule has 12 heteroatoms. The van der Waals surface area contributed by atoms with Crippen molar-refractivity contribution >= 4 is 66.4 Å². The molecule has 0 radical (unpaired) electrons.